The Hall–Kier alpha value is -2.47. The van der Waals surface area contributed by atoms with Crippen LogP contribution in [0.15, 0.2) is 30.9 Å². The highest BCUT2D eigenvalue weighted by Crippen LogP contribution is 2.30. The molecule has 1 fully saturated rings. The molecule has 0 radical (unpaired) electrons. The van der Waals surface area contributed by atoms with Crippen molar-refractivity contribution in [3.63, 3.8) is 0 Å². The Kier molecular flexibility index (Phi) is 6.99. The predicted octanol–water partition coefficient (Wildman–Crippen LogP) is 3.00. The Morgan fingerprint density at radius 2 is 2.10 bits per heavy atom. The molecule has 2 atom stereocenters. The summed E-state index contributed by atoms with van der Waals surface area (Å²) in [6.07, 6.45) is 0.597. The monoisotopic (exact) mass is 458 g/mol. The Morgan fingerprint density at radius 1 is 1.35 bits per heavy atom. The molecule has 1 amide bonds. The van der Waals surface area contributed by atoms with E-state index < -0.39 is 34.8 Å². The fraction of sp³-hybridized carbons (Fsp3) is 0.526. The van der Waals surface area contributed by atoms with Crippen molar-refractivity contribution in [2.75, 3.05) is 22.3 Å². The van der Waals surface area contributed by atoms with E-state index in [1.165, 1.54) is 0 Å². The van der Waals surface area contributed by atoms with Crippen molar-refractivity contribution in [3.05, 3.63) is 36.4 Å². The zero-order valence-electron chi connectivity index (χ0n) is 17.1. The Morgan fingerprint density at radius 3 is 2.68 bits per heavy atom. The van der Waals surface area contributed by atoms with Crippen molar-refractivity contribution in [1.82, 2.24) is 14.5 Å². The van der Waals surface area contributed by atoms with Gasteiger partial charge in [-0.2, -0.15) is 13.2 Å². The molecule has 1 aliphatic heterocycles. The highest BCUT2D eigenvalue weighted by molar-refractivity contribution is 7.81. The maximum absolute atomic E-state index is 13.0. The van der Waals surface area contributed by atoms with E-state index in [1.54, 1.807) is 6.33 Å². The van der Waals surface area contributed by atoms with Crippen LogP contribution in [0.1, 0.15) is 32.3 Å². The fourth-order valence-electron chi connectivity index (χ4n) is 3.52. The lowest BCUT2D eigenvalue weighted by Crippen LogP contribution is -2.46. The lowest BCUT2D eigenvalue weighted by molar-refractivity contribution is -0.137. The Balaban J connectivity index is 1.76. The third-order valence-corrected chi connectivity index (χ3v) is 5.59. The number of amides is 1. The van der Waals surface area contributed by atoms with Gasteiger partial charge in [-0.1, -0.05) is 13.8 Å². The molecule has 0 saturated carbocycles. The van der Waals surface area contributed by atoms with Gasteiger partial charge >= 0.3 is 6.18 Å². The number of piperidine rings is 1. The van der Waals surface area contributed by atoms with Crippen molar-refractivity contribution in [3.8, 4) is 0 Å². The number of imidazole rings is 1. The second kappa shape index (κ2) is 9.35. The van der Waals surface area contributed by atoms with Crippen LogP contribution in [0.2, 0.25) is 0 Å². The first-order valence-corrected chi connectivity index (χ1v) is 10.8. The summed E-state index contributed by atoms with van der Waals surface area (Å²) >= 11 is -3.02. The summed E-state index contributed by atoms with van der Waals surface area (Å²) in [4.78, 5) is 22.8. The van der Waals surface area contributed by atoms with Crippen molar-refractivity contribution in [2.24, 2.45) is 11.8 Å². The average Bonchev–Trinajstić information content (AvgIpc) is 3.15. The molecule has 1 aliphatic rings. The number of carbonyl (C=O) groups excluding carboxylic acids is 1. The second-order valence-corrected chi connectivity index (χ2v) is 8.66. The highest BCUT2D eigenvalue weighted by atomic mass is 32.2. The molecule has 0 aliphatic carbocycles. The topological polar surface area (TPSA) is 94.4 Å². The largest absolute Gasteiger partial charge is 0.755 e. The van der Waals surface area contributed by atoms with E-state index in [0.29, 0.717) is 47.7 Å². The Labute approximate surface area is 180 Å². The smallest absolute Gasteiger partial charge is 0.417 e. The molecule has 2 aromatic rings. The van der Waals surface area contributed by atoms with E-state index >= 15 is 0 Å². The lowest BCUT2D eigenvalue weighted by Gasteiger charge is -2.35. The van der Waals surface area contributed by atoms with Crippen LogP contribution in [-0.2, 0) is 28.8 Å². The van der Waals surface area contributed by atoms with Gasteiger partial charge in [-0.05, 0) is 30.9 Å². The van der Waals surface area contributed by atoms with Crippen molar-refractivity contribution in [1.29, 1.82) is 0 Å². The van der Waals surface area contributed by atoms with Gasteiger partial charge in [0.25, 0.3) is 0 Å². The molecule has 0 N–H and O–H groups in total. The van der Waals surface area contributed by atoms with Crippen LogP contribution in [0.3, 0.4) is 0 Å². The number of pyridine rings is 1. The molecule has 0 spiro atoms. The number of carbonyl (C=O) groups is 1. The normalized spacial score (nSPS) is 18.3. The first-order chi connectivity index (χ1) is 14.6. The van der Waals surface area contributed by atoms with Crippen LogP contribution in [0, 0.1) is 11.8 Å². The van der Waals surface area contributed by atoms with Gasteiger partial charge in [0.2, 0.25) is 5.91 Å². The number of anilines is 2. The lowest BCUT2D eigenvalue weighted by atomic mass is 9.97. The van der Waals surface area contributed by atoms with Gasteiger partial charge in [0, 0.05) is 32.0 Å². The molecule has 1 unspecified atom stereocenters. The molecule has 3 heterocycles. The van der Waals surface area contributed by atoms with E-state index in [-0.39, 0.29) is 12.4 Å². The first kappa shape index (κ1) is 23.2. The van der Waals surface area contributed by atoms with Gasteiger partial charge in [-0.25, -0.2) is 14.3 Å². The summed E-state index contributed by atoms with van der Waals surface area (Å²) in [7, 11) is 0. The van der Waals surface area contributed by atoms with Crippen LogP contribution in [-0.4, -0.2) is 42.3 Å². The SMILES string of the molecule is CC(C)Cn1cnc(N2CCC[C@@H](C(=O)N(c3ccc(C(F)(F)F)cn3)S(=O)[O-])C2)c1. The molecule has 8 nitrogen and oxygen atoms in total. The predicted molar refractivity (Wildman–Crippen MR) is 108 cm³/mol. The fourth-order valence-corrected chi connectivity index (χ4v) is 4.08. The van der Waals surface area contributed by atoms with Crippen LogP contribution >= 0.6 is 0 Å². The second-order valence-electron chi connectivity index (χ2n) is 7.86. The van der Waals surface area contributed by atoms with Gasteiger partial charge in [0.05, 0.1) is 29.1 Å². The number of alkyl halides is 3. The molecule has 170 valence electrons. The molecule has 2 aromatic heterocycles. The van der Waals surface area contributed by atoms with E-state index in [0.717, 1.165) is 12.6 Å². The average molecular weight is 458 g/mol. The number of hydrogen-bond acceptors (Lipinski definition) is 6. The van der Waals surface area contributed by atoms with Gasteiger partial charge in [-0.3, -0.25) is 9.00 Å². The first-order valence-electron chi connectivity index (χ1n) is 9.79. The van der Waals surface area contributed by atoms with Gasteiger partial charge in [-0.15, -0.1) is 0 Å². The third-order valence-electron chi connectivity index (χ3n) is 4.92. The standard InChI is InChI=1S/C19H24F3N5O3S/c1-13(2)9-25-11-17(24-12-25)26-7-3-4-14(10-26)18(28)27(31(29)30)16-6-5-15(8-23-16)19(20,21)22/h5-6,8,11-14H,3-4,7,9-10H2,1-2H3,(H,29,30)/p-1/t14-/m1/s1. The van der Waals surface area contributed by atoms with Crippen LogP contribution in [0.5, 0.6) is 0 Å². The minimum Gasteiger partial charge on any atom is -0.755 e. The molecule has 1 saturated heterocycles. The summed E-state index contributed by atoms with van der Waals surface area (Å²) < 4.78 is 64.1. The minimum absolute atomic E-state index is 0.256. The van der Waals surface area contributed by atoms with Gasteiger partial charge in [0.1, 0.15) is 11.6 Å². The van der Waals surface area contributed by atoms with E-state index in [1.807, 2.05) is 15.7 Å². The molecular formula is C19H23F3N5O3S-. The maximum Gasteiger partial charge on any atom is 0.417 e. The summed E-state index contributed by atoms with van der Waals surface area (Å²) in [6, 6.07) is 1.58. The van der Waals surface area contributed by atoms with Crippen molar-refractivity contribution < 1.29 is 26.7 Å². The van der Waals surface area contributed by atoms with Crippen LogP contribution in [0.4, 0.5) is 24.8 Å². The molecule has 0 aromatic carbocycles. The zero-order chi connectivity index (χ0) is 22.8. The summed E-state index contributed by atoms with van der Waals surface area (Å²) in [5, 5.41) is 0. The molecule has 31 heavy (non-hydrogen) atoms. The van der Waals surface area contributed by atoms with E-state index in [9.17, 15) is 26.7 Å². The maximum atomic E-state index is 13.0. The quantitative estimate of drug-likeness (QED) is 0.618. The van der Waals surface area contributed by atoms with E-state index in [4.69, 9.17) is 0 Å². The summed E-state index contributed by atoms with van der Waals surface area (Å²) in [5.41, 5.74) is -1.03. The summed E-state index contributed by atoms with van der Waals surface area (Å²) in [6.45, 7) is 5.89. The number of rotatable bonds is 6. The molecule has 12 heteroatoms. The van der Waals surface area contributed by atoms with Gasteiger partial charge < -0.3 is 14.0 Å². The third kappa shape index (κ3) is 5.62. The van der Waals surface area contributed by atoms with Crippen molar-refractivity contribution in [2.45, 2.75) is 39.4 Å². The molecule has 0 bridgehead atoms. The number of hydrogen-bond donors (Lipinski definition) is 0. The number of halogens is 3. The van der Waals surface area contributed by atoms with Crippen LogP contribution < -0.4 is 9.21 Å². The molecule has 3 rings (SSSR count). The molecular weight excluding hydrogens is 435 g/mol. The van der Waals surface area contributed by atoms with E-state index in [2.05, 4.69) is 23.8 Å². The van der Waals surface area contributed by atoms with Crippen LogP contribution in [0.25, 0.3) is 0 Å². The number of aromatic nitrogens is 3. The Bertz CT molecular complexity index is 933. The summed E-state index contributed by atoms with van der Waals surface area (Å²) in [5.74, 6) is -0.627. The zero-order valence-corrected chi connectivity index (χ0v) is 17.9. The number of nitrogens with zero attached hydrogens (tertiary/aromatic N) is 5. The highest BCUT2D eigenvalue weighted by Gasteiger charge is 2.34. The minimum atomic E-state index is -4.61. The van der Waals surface area contributed by atoms with Crippen molar-refractivity contribution >= 4 is 28.8 Å². The van der Waals surface area contributed by atoms with Gasteiger partial charge in [0.15, 0.2) is 0 Å².